The van der Waals surface area contributed by atoms with Crippen LogP contribution in [0.15, 0.2) is 12.1 Å². The molecule has 0 unspecified atom stereocenters. The summed E-state index contributed by atoms with van der Waals surface area (Å²) < 4.78 is 16.4. The third-order valence-corrected chi connectivity index (χ3v) is 4.29. The minimum absolute atomic E-state index is 0.00156. The maximum Gasteiger partial charge on any atom is 0.303 e. The minimum atomic E-state index is -0.896. The molecule has 0 saturated carbocycles. The number of fused-ring (bicyclic) bond motifs is 1. The molecule has 0 aliphatic carbocycles. The molecule has 0 spiro atoms. The second-order valence-electron chi connectivity index (χ2n) is 5.92. The highest BCUT2D eigenvalue weighted by molar-refractivity contribution is 5.91. The van der Waals surface area contributed by atoms with Gasteiger partial charge in [-0.25, -0.2) is 4.39 Å². The number of benzene rings is 1. The molecular weight excluding hydrogens is 325 g/mol. The molecule has 0 aliphatic heterocycles. The smallest absolute Gasteiger partial charge is 0.303 e. The Morgan fingerprint density at radius 3 is 2.44 bits per heavy atom. The molecule has 1 aromatic heterocycles. The van der Waals surface area contributed by atoms with Gasteiger partial charge in [0.05, 0.1) is 5.52 Å². The van der Waals surface area contributed by atoms with Crippen molar-refractivity contribution in [2.45, 2.75) is 45.6 Å². The second-order valence-corrected chi connectivity index (χ2v) is 5.92. The second kappa shape index (κ2) is 7.84. The normalized spacial score (nSPS) is 10.8. The van der Waals surface area contributed by atoms with Gasteiger partial charge in [0.2, 0.25) is 0 Å². The fourth-order valence-corrected chi connectivity index (χ4v) is 3.15. The lowest BCUT2D eigenvalue weighted by Crippen LogP contribution is -2.05. The first-order chi connectivity index (χ1) is 11.9. The number of terminal acetylenes is 1. The van der Waals surface area contributed by atoms with Crippen LogP contribution in [0.1, 0.15) is 42.5 Å². The van der Waals surface area contributed by atoms with E-state index < -0.39 is 17.8 Å². The number of hydrogen-bond donors (Lipinski definition) is 2. The molecule has 1 heterocycles. The van der Waals surface area contributed by atoms with Gasteiger partial charge in [0.15, 0.2) is 0 Å². The van der Waals surface area contributed by atoms with Crippen LogP contribution in [0.2, 0.25) is 0 Å². The first kappa shape index (κ1) is 18.5. The van der Waals surface area contributed by atoms with E-state index in [1.54, 1.807) is 0 Å². The number of carbonyl (C=O) groups is 2. The molecule has 6 heteroatoms. The first-order valence-electron chi connectivity index (χ1n) is 8.07. The van der Waals surface area contributed by atoms with E-state index in [1.165, 1.54) is 12.1 Å². The van der Waals surface area contributed by atoms with E-state index in [4.69, 9.17) is 16.6 Å². The topological polar surface area (TPSA) is 79.5 Å². The van der Waals surface area contributed by atoms with Gasteiger partial charge in [-0.2, -0.15) is 0 Å². The number of hydrogen-bond acceptors (Lipinski definition) is 2. The quantitative estimate of drug-likeness (QED) is 0.719. The van der Waals surface area contributed by atoms with Gasteiger partial charge >= 0.3 is 11.9 Å². The number of aromatic nitrogens is 1. The standard InChI is InChI=1S/C19H20FNO4/c1-3-13-9-10-15(20)18-14(6-4-7-16(22)23)12(2)21(19(13)18)11-5-8-17(24)25/h1,9-10H,4-8,11H2,2H3,(H,22,23)(H,24,25). The number of aryl methyl sites for hydroxylation is 2. The average molecular weight is 345 g/mol. The summed E-state index contributed by atoms with van der Waals surface area (Å²) in [6.45, 7) is 2.24. The fraction of sp³-hybridized carbons (Fsp3) is 0.368. The number of carboxylic acid groups (broad SMARTS) is 2. The van der Waals surface area contributed by atoms with Crippen LogP contribution in [-0.2, 0) is 22.6 Å². The molecule has 0 bridgehead atoms. The number of carboxylic acids is 2. The highest BCUT2D eigenvalue weighted by Gasteiger charge is 2.20. The molecule has 25 heavy (non-hydrogen) atoms. The van der Waals surface area contributed by atoms with Crippen molar-refractivity contribution in [1.29, 1.82) is 0 Å². The Labute approximate surface area is 145 Å². The largest absolute Gasteiger partial charge is 0.481 e. The Balaban J connectivity index is 2.52. The van der Waals surface area contributed by atoms with E-state index >= 15 is 0 Å². The van der Waals surface area contributed by atoms with Crippen LogP contribution < -0.4 is 0 Å². The summed E-state index contributed by atoms with van der Waals surface area (Å²) in [5.41, 5.74) is 2.66. The van der Waals surface area contributed by atoms with Gasteiger partial charge < -0.3 is 14.8 Å². The Hall–Kier alpha value is -2.81. The highest BCUT2D eigenvalue weighted by atomic mass is 19.1. The molecule has 2 N–H and O–H groups in total. The zero-order chi connectivity index (χ0) is 18.6. The van der Waals surface area contributed by atoms with Crippen molar-refractivity contribution in [3.8, 4) is 12.3 Å². The van der Waals surface area contributed by atoms with Crippen molar-refractivity contribution >= 4 is 22.8 Å². The van der Waals surface area contributed by atoms with Crippen LogP contribution in [0.25, 0.3) is 10.9 Å². The van der Waals surface area contributed by atoms with Crippen molar-refractivity contribution in [1.82, 2.24) is 4.57 Å². The van der Waals surface area contributed by atoms with E-state index in [2.05, 4.69) is 5.92 Å². The van der Waals surface area contributed by atoms with Crippen LogP contribution in [0.3, 0.4) is 0 Å². The molecule has 0 fully saturated rings. The highest BCUT2D eigenvalue weighted by Crippen LogP contribution is 2.32. The maximum atomic E-state index is 14.5. The summed E-state index contributed by atoms with van der Waals surface area (Å²) in [7, 11) is 0. The molecule has 0 atom stereocenters. The SMILES string of the molecule is C#Cc1ccc(F)c2c(CCCC(=O)O)c(C)n(CCCC(=O)O)c12. The van der Waals surface area contributed by atoms with E-state index in [1.807, 2.05) is 11.5 Å². The lowest BCUT2D eigenvalue weighted by Gasteiger charge is -2.09. The van der Waals surface area contributed by atoms with E-state index in [0.29, 0.717) is 42.3 Å². The minimum Gasteiger partial charge on any atom is -0.481 e. The molecular formula is C19H20FNO4. The van der Waals surface area contributed by atoms with Crippen LogP contribution in [-0.4, -0.2) is 26.7 Å². The van der Waals surface area contributed by atoms with Gasteiger partial charge in [0.25, 0.3) is 0 Å². The van der Waals surface area contributed by atoms with Crippen LogP contribution in [0, 0.1) is 25.1 Å². The lowest BCUT2D eigenvalue weighted by atomic mass is 10.0. The molecule has 2 rings (SSSR count). The third kappa shape index (κ3) is 4.00. The van der Waals surface area contributed by atoms with Gasteiger partial charge in [0.1, 0.15) is 5.82 Å². The summed E-state index contributed by atoms with van der Waals surface area (Å²) in [4.78, 5) is 21.5. The van der Waals surface area contributed by atoms with Crippen molar-refractivity contribution < 1.29 is 24.2 Å². The molecule has 0 aliphatic rings. The fourth-order valence-electron chi connectivity index (χ4n) is 3.15. The summed E-state index contributed by atoms with van der Waals surface area (Å²) in [6, 6.07) is 2.85. The summed E-state index contributed by atoms with van der Waals surface area (Å²) in [5.74, 6) is 0.365. The molecule has 2 aromatic rings. The maximum absolute atomic E-state index is 14.5. The molecule has 0 saturated heterocycles. The Kier molecular flexibility index (Phi) is 5.81. The van der Waals surface area contributed by atoms with Gasteiger partial charge in [-0.1, -0.05) is 5.92 Å². The number of aliphatic carboxylic acids is 2. The zero-order valence-electron chi connectivity index (χ0n) is 14.0. The zero-order valence-corrected chi connectivity index (χ0v) is 14.0. The number of rotatable bonds is 8. The van der Waals surface area contributed by atoms with E-state index in [9.17, 15) is 14.0 Å². The van der Waals surface area contributed by atoms with Crippen molar-refractivity contribution in [2.75, 3.05) is 0 Å². The molecule has 1 aromatic carbocycles. The van der Waals surface area contributed by atoms with Gasteiger partial charge in [-0.3, -0.25) is 9.59 Å². The molecule has 132 valence electrons. The average Bonchev–Trinajstić information content (AvgIpc) is 2.81. The van der Waals surface area contributed by atoms with E-state index in [0.717, 1.165) is 11.3 Å². The summed E-state index contributed by atoms with van der Waals surface area (Å²) >= 11 is 0. The summed E-state index contributed by atoms with van der Waals surface area (Å²) in [6.07, 6.45) is 6.78. The van der Waals surface area contributed by atoms with Gasteiger partial charge in [-0.15, -0.1) is 6.42 Å². The predicted octanol–water partition coefficient (Wildman–Crippen LogP) is 3.34. The Morgan fingerprint density at radius 1 is 1.20 bits per heavy atom. The van der Waals surface area contributed by atoms with Crippen LogP contribution in [0.4, 0.5) is 4.39 Å². The van der Waals surface area contributed by atoms with E-state index in [-0.39, 0.29) is 12.8 Å². The predicted molar refractivity (Wildman–Crippen MR) is 92.0 cm³/mol. The number of nitrogens with zero attached hydrogens (tertiary/aromatic N) is 1. The van der Waals surface area contributed by atoms with Crippen molar-refractivity contribution in [2.24, 2.45) is 0 Å². The first-order valence-corrected chi connectivity index (χ1v) is 8.07. The Morgan fingerprint density at radius 2 is 1.84 bits per heavy atom. The molecule has 0 amide bonds. The Bertz CT molecular complexity index is 861. The summed E-state index contributed by atoms with van der Waals surface area (Å²) in [5, 5.41) is 18.1. The third-order valence-electron chi connectivity index (χ3n) is 4.29. The van der Waals surface area contributed by atoms with Crippen LogP contribution in [0.5, 0.6) is 0 Å². The molecule has 5 nitrogen and oxygen atoms in total. The van der Waals surface area contributed by atoms with Gasteiger partial charge in [0, 0.05) is 36.0 Å². The van der Waals surface area contributed by atoms with Crippen molar-refractivity contribution in [3.63, 3.8) is 0 Å². The van der Waals surface area contributed by atoms with Crippen molar-refractivity contribution in [3.05, 3.63) is 34.8 Å². The number of halogens is 1. The molecule has 0 radical (unpaired) electrons. The van der Waals surface area contributed by atoms with Gasteiger partial charge in [-0.05, 0) is 43.9 Å². The lowest BCUT2D eigenvalue weighted by molar-refractivity contribution is -0.138. The van der Waals surface area contributed by atoms with Crippen LogP contribution >= 0.6 is 0 Å². The monoisotopic (exact) mass is 345 g/mol.